The highest BCUT2D eigenvalue weighted by Gasteiger charge is 2.65. The number of carbonyl (C=O) groups excluding carboxylic acids is 3. The quantitative estimate of drug-likeness (QED) is 0.777. The van der Waals surface area contributed by atoms with Crippen LogP contribution in [0.5, 0.6) is 0 Å². The lowest BCUT2D eigenvalue weighted by Gasteiger charge is -2.33. The monoisotopic (exact) mass is 427 g/mol. The third kappa shape index (κ3) is 3.07. The van der Waals surface area contributed by atoms with E-state index in [1.807, 2.05) is 35.2 Å². The molecule has 3 aliphatic heterocycles. The summed E-state index contributed by atoms with van der Waals surface area (Å²) in [5.74, 6) is -0.400. The van der Waals surface area contributed by atoms with Crippen LogP contribution in [-0.4, -0.2) is 62.6 Å². The van der Waals surface area contributed by atoms with Crippen LogP contribution in [0.15, 0.2) is 35.8 Å². The Morgan fingerprint density at radius 3 is 2.87 bits per heavy atom. The van der Waals surface area contributed by atoms with Crippen LogP contribution >= 0.6 is 11.3 Å². The van der Waals surface area contributed by atoms with E-state index in [4.69, 9.17) is 4.74 Å². The van der Waals surface area contributed by atoms with Crippen LogP contribution in [0.4, 0.5) is 5.13 Å². The first kappa shape index (κ1) is 19.1. The summed E-state index contributed by atoms with van der Waals surface area (Å²) in [6.45, 7) is 0.950. The van der Waals surface area contributed by atoms with E-state index in [9.17, 15) is 14.4 Å². The molecule has 0 bridgehead atoms. The second kappa shape index (κ2) is 7.44. The molecule has 3 saturated heterocycles. The summed E-state index contributed by atoms with van der Waals surface area (Å²) in [6.07, 6.45) is 0.981. The van der Waals surface area contributed by atoms with Gasteiger partial charge in [-0.05, 0) is 5.56 Å². The van der Waals surface area contributed by atoms with Crippen molar-refractivity contribution in [3.05, 3.63) is 41.4 Å². The average Bonchev–Trinajstić information content (AvgIpc) is 3.50. The Morgan fingerprint density at radius 1 is 1.27 bits per heavy atom. The molecule has 0 aliphatic carbocycles. The fourth-order valence-electron chi connectivity index (χ4n) is 4.84. The van der Waals surface area contributed by atoms with Crippen molar-refractivity contribution in [3.8, 4) is 0 Å². The van der Waals surface area contributed by atoms with Gasteiger partial charge < -0.3 is 19.9 Å². The Morgan fingerprint density at radius 2 is 2.10 bits per heavy atom. The first-order valence-electron chi connectivity index (χ1n) is 9.95. The molecule has 0 saturated carbocycles. The molecule has 1 spiro atoms. The summed E-state index contributed by atoms with van der Waals surface area (Å²) in [5, 5.41) is 10.5. The van der Waals surface area contributed by atoms with Crippen molar-refractivity contribution in [1.29, 1.82) is 0 Å². The van der Waals surface area contributed by atoms with E-state index in [2.05, 4.69) is 15.5 Å². The van der Waals surface area contributed by atoms with E-state index >= 15 is 0 Å². The van der Waals surface area contributed by atoms with Crippen molar-refractivity contribution in [1.82, 2.24) is 20.0 Å². The third-order valence-electron chi connectivity index (χ3n) is 6.13. The maximum atomic E-state index is 12.9. The molecule has 30 heavy (non-hydrogen) atoms. The van der Waals surface area contributed by atoms with Gasteiger partial charge >= 0.3 is 0 Å². The fourth-order valence-corrected chi connectivity index (χ4v) is 5.30. The Balaban J connectivity index is 1.26. The zero-order valence-electron chi connectivity index (χ0n) is 16.2. The number of nitrogens with zero attached hydrogens (tertiary/aromatic N) is 4. The first-order valence-corrected chi connectivity index (χ1v) is 10.8. The minimum absolute atomic E-state index is 0.0119. The topological polar surface area (TPSA) is 105 Å². The van der Waals surface area contributed by atoms with Gasteiger partial charge in [0.25, 0.3) is 0 Å². The summed E-state index contributed by atoms with van der Waals surface area (Å²) < 4.78 is 6.22. The predicted octanol–water partition coefficient (Wildman–Crippen LogP) is 1.56. The standard InChI is InChI=1S/C20H21N5O4S/c26-16(22-19-23-21-12-30-19)6-7-17(27)24-9-8-20-15(24)10-18(28)25(20)14(11-29-20)13-4-2-1-3-5-13/h1-5,12,14-15H,6-11H2,(H,22,23,26)/t14-,15+,20-/m0/s1. The molecule has 9 nitrogen and oxygen atoms in total. The maximum absolute atomic E-state index is 12.9. The van der Waals surface area contributed by atoms with Gasteiger partial charge in [0.15, 0.2) is 5.72 Å². The molecule has 5 rings (SSSR count). The maximum Gasteiger partial charge on any atom is 0.227 e. The summed E-state index contributed by atoms with van der Waals surface area (Å²) >= 11 is 1.22. The van der Waals surface area contributed by atoms with Crippen LogP contribution in [0, 0.1) is 0 Å². The van der Waals surface area contributed by atoms with E-state index in [0.29, 0.717) is 24.7 Å². The van der Waals surface area contributed by atoms with Gasteiger partial charge in [-0.2, -0.15) is 0 Å². The van der Waals surface area contributed by atoms with Crippen LogP contribution in [0.25, 0.3) is 0 Å². The number of amides is 3. The van der Waals surface area contributed by atoms with E-state index in [1.54, 1.807) is 4.90 Å². The third-order valence-corrected chi connectivity index (χ3v) is 6.74. The predicted molar refractivity (Wildman–Crippen MR) is 107 cm³/mol. The number of hydrogen-bond acceptors (Lipinski definition) is 7. The summed E-state index contributed by atoms with van der Waals surface area (Å²) in [7, 11) is 0. The molecule has 1 N–H and O–H groups in total. The number of ether oxygens (including phenoxy) is 1. The molecule has 0 radical (unpaired) electrons. The van der Waals surface area contributed by atoms with Crippen LogP contribution in [0.1, 0.15) is 37.3 Å². The van der Waals surface area contributed by atoms with Gasteiger partial charge in [-0.25, -0.2) is 0 Å². The second-order valence-corrected chi connectivity index (χ2v) is 8.53. The number of aromatic nitrogens is 2. The lowest BCUT2D eigenvalue weighted by molar-refractivity contribution is -0.141. The highest BCUT2D eigenvalue weighted by molar-refractivity contribution is 7.13. The van der Waals surface area contributed by atoms with Crippen LogP contribution in [0.3, 0.4) is 0 Å². The molecule has 2 aromatic rings. The van der Waals surface area contributed by atoms with E-state index in [-0.39, 0.29) is 49.1 Å². The molecule has 3 amide bonds. The van der Waals surface area contributed by atoms with Gasteiger partial charge in [0.1, 0.15) is 5.51 Å². The summed E-state index contributed by atoms with van der Waals surface area (Å²) in [6, 6.07) is 9.42. The van der Waals surface area contributed by atoms with Crippen molar-refractivity contribution >= 4 is 34.2 Å². The minimum Gasteiger partial charge on any atom is -0.351 e. The zero-order valence-corrected chi connectivity index (χ0v) is 17.0. The number of hydrogen-bond donors (Lipinski definition) is 1. The number of rotatable bonds is 5. The SMILES string of the molecule is O=C(CCC(=O)N1CC[C@@]23OC[C@@H](c4ccccc4)N2C(=O)C[C@@H]13)Nc1nncs1. The smallest absolute Gasteiger partial charge is 0.227 e. The highest BCUT2D eigenvalue weighted by Crippen LogP contribution is 2.51. The molecule has 1 aromatic carbocycles. The van der Waals surface area contributed by atoms with Gasteiger partial charge in [0.05, 0.1) is 25.1 Å². The van der Waals surface area contributed by atoms with Crippen molar-refractivity contribution in [3.63, 3.8) is 0 Å². The molecule has 3 atom stereocenters. The van der Waals surface area contributed by atoms with Crippen LogP contribution in [0.2, 0.25) is 0 Å². The highest BCUT2D eigenvalue weighted by atomic mass is 32.1. The van der Waals surface area contributed by atoms with Gasteiger partial charge in [0.2, 0.25) is 22.9 Å². The molecule has 156 valence electrons. The molecule has 1 aromatic heterocycles. The number of benzene rings is 1. The van der Waals surface area contributed by atoms with Crippen molar-refractivity contribution in [2.24, 2.45) is 0 Å². The van der Waals surface area contributed by atoms with E-state index < -0.39 is 5.72 Å². The average molecular weight is 427 g/mol. The largest absolute Gasteiger partial charge is 0.351 e. The molecular weight excluding hydrogens is 406 g/mol. The van der Waals surface area contributed by atoms with Crippen molar-refractivity contribution in [2.45, 2.75) is 43.5 Å². The Bertz CT molecular complexity index is 969. The lowest BCUT2D eigenvalue weighted by Crippen LogP contribution is -2.49. The van der Waals surface area contributed by atoms with Gasteiger partial charge in [-0.15, -0.1) is 10.2 Å². The zero-order chi connectivity index (χ0) is 20.7. The molecule has 3 aliphatic rings. The van der Waals surface area contributed by atoms with Gasteiger partial charge in [0, 0.05) is 25.8 Å². The molecule has 0 unspecified atom stereocenters. The normalized spacial score (nSPS) is 27.3. The van der Waals surface area contributed by atoms with Gasteiger partial charge in [-0.3, -0.25) is 14.4 Å². The Labute approximate surface area is 177 Å². The lowest BCUT2D eigenvalue weighted by atomic mass is 10.0. The molecule has 10 heteroatoms. The number of nitrogens with one attached hydrogen (secondary N) is 1. The molecule has 4 heterocycles. The summed E-state index contributed by atoms with van der Waals surface area (Å²) in [5.41, 5.74) is 1.82. The molecule has 3 fully saturated rings. The van der Waals surface area contributed by atoms with Crippen molar-refractivity contribution in [2.75, 3.05) is 18.5 Å². The van der Waals surface area contributed by atoms with Crippen molar-refractivity contribution < 1.29 is 19.1 Å². The Kier molecular flexibility index (Phi) is 4.75. The number of anilines is 1. The minimum atomic E-state index is -0.748. The number of likely N-dealkylation sites (tertiary alicyclic amines) is 1. The van der Waals surface area contributed by atoms with Gasteiger partial charge in [-0.1, -0.05) is 41.7 Å². The first-order chi connectivity index (χ1) is 14.6. The summed E-state index contributed by atoms with van der Waals surface area (Å²) in [4.78, 5) is 41.4. The Hall–Kier alpha value is -2.85. The second-order valence-electron chi connectivity index (χ2n) is 7.70. The van der Waals surface area contributed by atoms with E-state index in [0.717, 1.165) is 5.56 Å². The number of carbonyl (C=O) groups is 3. The fraction of sp³-hybridized carbons (Fsp3) is 0.450. The van der Waals surface area contributed by atoms with Crippen LogP contribution in [-0.2, 0) is 19.1 Å². The van der Waals surface area contributed by atoms with Crippen LogP contribution < -0.4 is 5.32 Å². The molecular formula is C20H21N5O4S. The van der Waals surface area contributed by atoms with E-state index in [1.165, 1.54) is 16.8 Å².